The van der Waals surface area contributed by atoms with Crippen molar-refractivity contribution in [2.24, 2.45) is 4.99 Å². The monoisotopic (exact) mass is 494 g/mol. The van der Waals surface area contributed by atoms with Crippen LogP contribution in [0.15, 0.2) is 76.6 Å². The second kappa shape index (κ2) is 11.2. The van der Waals surface area contributed by atoms with E-state index in [0.717, 1.165) is 28.1 Å². The summed E-state index contributed by atoms with van der Waals surface area (Å²) in [6, 6.07) is 20.4. The quantitative estimate of drug-likeness (QED) is 0.297. The Balaban J connectivity index is 0.00000300. The summed E-state index contributed by atoms with van der Waals surface area (Å²) in [6.45, 7) is 0.586. The lowest BCUT2D eigenvalue weighted by Gasteiger charge is -2.12. The fourth-order valence-corrected chi connectivity index (χ4v) is 4.37. The molecule has 0 atom stereocenters. The van der Waals surface area contributed by atoms with Crippen LogP contribution >= 0.6 is 28.7 Å². The standard InChI is InChI=1S/C20H22N4O2S2.BrH/c1-21-20(24-28(25,26)18-8-3-2-4-9-18)22-13-14-27-15-17-12-11-16-7-5-6-10-19(16)23-17;/h2-12H,13-15H2,1H3,(H2,21,22,24);1H. The maximum Gasteiger partial charge on any atom is 0.264 e. The minimum atomic E-state index is -3.64. The summed E-state index contributed by atoms with van der Waals surface area (Å²) in [5, 5.41) is 4.16. The van der Waals surface area contributed by atoms with Crippen LogP contribution in [0.2, 0.25) is 0 Å². The predicted molar refractivity (Wildman–Crippen MR) is 126 cm³/mol. The highest BCUT2D eigenvalue weighted by Crippen LogP contribution is 2.15. The van der Waals surface area contributed by atoms with E-state index in [4.69, 9.17) is 0 Å². The van der Waals surface area contributed by atoms with E-state index >= 15 is 0 Å². The van der Waals surface area contributed by atoms with Crippen molar-refractivity contribution in [2.45, 2.75) is 10.6 Å². The van der Waals surface area contributed by atoms with Crippen LogP contribution in [0.1, 0.15) is 5.69 Å². The van der Waals surface area contributed by atoms with Crippen LogP contribution in [0.25, 0.3) is 10.9 Å². The summed E-state index contributed by atoms with van der Waals surface area (Å²) in [4.78, 5) is 8.84. The third-order valence-electron chi connectivity index (χ3n) is 3.95. The first kappa shape index (κ1) is 23.2. The van der Waals surface area contributed by atoms with E-state index in [1.807, 2.05) is 30.3 Å². The molecule has 0 aliphatic heterocycles. The van der Waals surface area contributed by atoms with Gasteiger partial charge in [-0.2, -0.15) is 11.8 Å². The molecule has 6 nitrogen and oxygen atoms in total. The minimum Gasteiger partial charge on any atom is -0.355 e. The number of thioether (sulfide) groups is 1. The first-order valence-electron chi connectivity index (χ1n) is 8.79. The Morgan fingerprint density at radius 3 is 2.52 bits per heavy atom. The number of nitrogens with one attached hydrogen (secondary N) is 2. The van der Waals surface area contributed by atoms with Crippen LogP contribution in [0.4, 0.5) is 0 Å². The first-order valence-corrected chi connectivity index (χ1v) is 11.4. The zero-order valence-electron chi connectivity index (χ0n) is 15.9. The zero-order chi connectivity index (χ0) is 19.8. The zero-order valence-corrected chi connectivity index (χ0v) is 19.3. The molecule has 154 valence electrons. The third-order valence-corrected chi connectivity index (χ3v) is 6.30. The largest absolute Gasteiger partial charge is 0.355 e. The number of hydrogen-bond acceptors (Lipinski definition) is 5. The summed E-state index contributed by atoms with van der Waals surface area (Å²) >= 11 is 1.72. The molecule has 0 saturated heterocycles. The lowest BCUT2D eigenvalue weighted by atomic mass is 10.2. The second-order valence-electron chi connectivity index (χ2n) is 5.97. The van der Waals surface area contributed by atoms with E-state index in [-0.39, 0.29) is 27.8 Å². The van der Waals surface area contributed by atoms with E-state index in [1.54, 1.807) is 49.1 Å². The topological polar surface area (TPSA) is 83.4 Å². The van der Waals surface area contributed by atoms with Gasteiger partial charge < -0.3 is 5.32 Å². The number of rotatable bonds is 7. The molecule has 9 heteroatoms. The van der Waals surface area contributed by atoms with Crippen molar-refractivity contribution < 1.29 is 8.42 Å². The number of aliphatic imine (C=N–C) groups is 1. The SMILES string of the molecule is Br.CN=C(NCCSCc1ccc2ccccc2n1)NS(=O)(=O)c1ccccc1. The number of nitrogens with zero attached hydrogens (tertiary/aromatic N) is 2. The fraction of sp³-hybridized carbons (Fsp3) is 0.200. The molecule has 0 fully saturated rings. The van der Waals surface area contributed by atoms with Crippen molar-refractivity contribution in [2.75, 3.05) is 19.3 Å². The van der Waals surface area contributed by atoms with Gasteiger partial charge >= 0.3 is 0 Å². The van der Waals surface area contributed by atoms with Crippen molar-refractivity contribution in [1.82, 2.24) is 15.0 Å². The molecular weight excluding hydrogens is 472 g/mol. The molecule has 0 amide bonds. The maximum atomic E-state index is 12.3. The molecule has 2 aromatic carbocycles. The lowest BCUT2D eigenvalue weighted by molar-refractivity contribution is 0.591. The number of aromatic nitrogens is 1. The highest BCUT2D eigenvalue weighted by Gasteiger charge is 2.15. The highest BCUT2D eigenvalue weighted by atomic mass is 79.9. The Kier molecular flexibility index (Phi) is 8.94. The van der Waals surface area contributed by atoms with Crippen LogP contribution in [0.5, 0.6) is 0 Å². The number of sulfonamides is 1. The van der Waals surface area contributed by atoms with Crippen LogP contribution in [-0.2, 0) is 15.8 Å². The average molecular weight is 495 g/mol. The van der Waals surface area contributed by atoms with Crippen molar-refractivity contribution in [3.8, 4) is 0 Å². The molecule has 0 radical (unpaired) electrons. The number of hydrogen-bond donors (Lipinski definition) is 2. The summed E-state index contributed by atoms with van der Waals surface area (Å²) in [5.74, 6) is 1.81. The van der Waals surface area contributed by atoms with Crippen molar-refractivity contribution in [3.63, 3.8) is 0 Å². The van der Waals surface area contributed by atoms with Gasteiger partial charge in [-0.1, -0.05) is 42.5 Å². The average Bonchev–Trinajstić information content (AvgIpc) is 2.73. The molecule has 1 aromatic heterocycles. The molecule has 1 heterocycles. The Morgan fingerprint density at radius 1 is 1.03 bits per heavy atom. The van der Waals surface area contributed by atoms with Crippen molar-refractivity contribution >= 4 is 55.6 Å². The van der Waals surface area contributed by atoms with E-state index < -0.39 is 10.0 Å². The van der Waals surface area contributed by atoms with Crippen LogP contribution in [-0.4, -0.2) is 38.7 Å². The van der Waals surface area contributed by atoms with Crippen molar-refractivity contribution in [3.05, 3.63) is 72.4 Å². The van der Waals surface area contributed by atoms with Crippen molar-refractivity contribution in [1.29, 1.82) is 0 Å². The number of guanidine groups is 1. The minimum absolute atomic E-state index is 0. The first-order chi connectivity index (χ1) is 13.6. The highest BCUT2D eigenvalue weighted by molar-refractivity contribution is 8.93. The Bertz CT molecular complexity index is 1060. The number of benzene rings is 2. The molecule has 0 aliphatic carbocycles. The summed E-state index contributed by atoms with van der Waals surface area (Å²) in [6.07, 6.45) is 0. The maximum absolute atomic E-state index is 12.3. The number of halogens is 1. The normalized spacial score (nSPS) is 11.7. The van der Waals surface area contributed by atoms with E-state index in [9.17, 15) is 8.42 Å². The smallest absolute Gasteiger partial charge is 0.264 e. The fourth-order valence-electron chi connectivity index (χ4n) is 2.55. The second-order valence-corrected chi connectivity index (χ2v) is 8.75. The molecule has 0 unspecified atom stereocenters. The van der Waals surface area contributed by atoms with Gasteiger partial charge in [-0.15, -0.1) is 17.0 Å². The van der Waals surface area contributed by atoms with Gasteiger partial charge in [-0.25, -0.2) is 13.1 Å². The van der Waals surface area contributed by atoms with Gasteiger partial charge in [0.2, 0.25) is 5.96 Å². The molecular formula is C20H23BrN4O2S2. The Hall–Kier alpha value is -2.10. The van der Waals surface area contributed by atoms with E-state index in [2.05, 4.69) is 26.1 Å². The Labute approximate surface area is 186 Å². The number of para-hydroxylation sites is 1. The summed E-state index contributed by atoms with van der Waals surface area (Å²) in [5.41, 5.74) is 2.02. The molecule has 3 rings (SSSR count). The Morgan fingerprint density at radius 2 is 1.76 bits per heavy atom. The van der Waals surface area contributed by atoms with E-state index in [1.165, 1.54) is 0 Å². The number of fused-ring (bicyclic) bond motifs is 1. The summed E-state index contributed by atoms with van der Waals surface area (Å²) in [7, 11) is -2.09. The number of pyridine rings is 1. The molecule has 3 aromatic rings. The molecule has 0 spiro atoms. The molecule has 0 bridgehead atoms. The molecule has 0 saturated carbocycles. The molecule has 0 aliphatic rings. The van der Waals surface area contributed by atoms with Crippen LogP contribution < -0.4 is 10.0 Å². The van der Waals surface area contributed by atoms with Crippen LogP contribution in [0, 0.1) is 0 Å². The molecule has 2 N–H and O–H groups in total. The van der Waals surface area contributed by atoms with Gasteiger partial charge in [-0.05, 0) is 24.3 Å². The van der Waals surface area contributed by atoms with Gasteiger partial charge in [-0.3, -0.25) is 9.98 Å². The van der Waals surface area contributed by atoms with Gasteiger partial charge in [0.05, 0.1) is 16.1 Å². The van der Waals surface area contributed by atoms with Gasteiger partial charge in [0.25, 0.3) is 10.0 Å². The predicted octanol–water partition coefficient (Wildman–Crippen LogP) is 3.60. The van der Waals surface area contributed by atoms with Gasteiger partial charge in [0.1, 0.15) is 0 Å². The van der Waals surface area contributed by atoms with E-state index in [0.29, 0.717) is 6.54 Å². The van der Waals surface area contributed by atoms with Gasteiger partial charge in [0, 0.05) is 30.5 Å². The van der Waals surface area contributed by atoms with Crippen LogP contribution in [0.3, 0.4) is 0 Å². The third kappa shape index (κ3) is 6.73. The van der Waals surface area contributed by atoms with Gasteiger partial charge in [0.15, 0.2) is 0 Å². The lowest BCUT2D eigenvalue weighted by Crippen LogP contribution is -2.41. The summed E-state index contributed by atoms with van der Waals surface area (Å²) < 4.78 is 27.2. The molecule has 29 heavy (non-hydrogen) atoms.